The molecule has 0 unspecified atom stereocenters. The van der Waals surface area contributed by atoms with Gasteiger partial charge in [0.1, 0.15) is 5.82 Å². The summed E-state index contributed by atoms with van der Waals surface area (Å²) < 4.78 is 13.2. The highest BCUT2D eigenvalue weighted by Crippen LogP contribution is 2.14. The lowest BCUT2D eigenvalue weighted by Crippen LogP contribution is -2.07. The fourth-order valence-electron chi connectivity index (χ4n) is 1.15. The number of primary amides is 1. The molecule has 74 valence electrons. The lowest BCUT2D eigenvalue weighted by molar-refractivity contribution is -0.117. The summed E-state index contributed by atoms with van der Waals surface area (Å²) >= 11 is 0. The monoisotopic (exact) mass is 193 g/mol. The van der Waals surface area contributed by atoms with Crippen molar-refractivity contribution in [1.29, 1.82) is 0 Å². The van der Waals surface area contributed by atoms with Crippen molar-refractivity contribution in [3.63, 3.8) is 0 Å². The van der Waals surface area contributed by atoms with Crippen LogP contribution < -0.4 is 5.73 Å². The van der Waals surface area contributed by atoms with E-state index in [1.54, 1.807) is 18.2 Å². The van der Waals surface area contributed by atoms with Crippen LogP contribution in [0.15, 0.2) is 24.3 Å². The Kier molecular flexibility index (Phi) is 3.40. The van der Waals surface area contributed by atoms with E-state index in [0.29, 0.717) is 5.56 Å². The zero-order chi connectivity index (χ0) is 10.6. The van der Waals surface area contributed by atoms with Gasteiger partial charge in [0, 0.05) is 12.0 Å². The van der Waals surface area contributed by atoms with E-state index in [4.69, 9.17) is 5.73 Å². The van der Waals surface area contributed by atoms with Gasteiger partial charge in [0.25, 0.3) is 0 Å². The van der Waals surface area contributed by atoms with Crippen LogP contribution in [0.2, 0.25) is 0 Å². The first-order valence-corrected chi connectivity index (χ1v) is 4.31. The maximum absolute atomic E-state index is 13.2. The molecule has 2 nitrogen and oxygen atoms in total. The van der Waals surface area contributed by atoms with E-state index in [9.17, 15) is 9.18 Å². The Labute approximate surface area is 82.2 Å². The predicted octanol–water partition coefficient (Wildman–Crippen LogP) is 2.02. The summed E-state index contributed by atoms with van der Waals surface area (Å²) in [6, 6.07) is 4.85. The number of halogens is 1. The fourth-order valence-corrected chi connectivity index (χ4v) is 1.15. The maximum Gasteiger partial charge on any atom is 0.221 e. The van der Waals surface area contributed by atoms with E-state index in [1.165, 1.54) is 6.07 Å². The predicted molar refractivity (Wildman–Crippen MR) is 54.0 cm³/mol. The van der Waals surface area contributed by atoms with Gasteiger partial charge in [-0.25, -0.2) is 4.39 Å². The van der Waals surface area contributed by atoms with Gasteiger partial charge in [0.05, 0.1) is 0 Å². The third-order valence-electron chi connectivity index (χ3n) is 1.87. The van der Waals surface area contributed by atoms with Gasteiger partial charge in [-0.2, -0.15) is 0 Å². The Hall–Kier alpha value is -1.64. The second-order valence-electron chi connectivity index (χ2n) is 3.04. The number of carbonyl (C=O) groups excluding carboxylic acids is 1. The molecule has 0 aliphatic carbocycles. The molecule has 0 saturated carbocycles. The Balaban J connectivity index is 2.85. The van der Waals surface area contributed by atoms with Crippen LogP contribution in [-0.4, -0.2) is 5.91 Å². The summed E-state index contributed by atoms with van der Waals surface area (Å²) in [7, 11) is 0. The first-order valence-electron chi connectivity index (χ1n) is 4.31. The average Bonchev–Trinajstić information content (AvgIpc) is 2.09. The van der Waals surface area contributed by atoms with Gasteiger partial charge in [-0.15, -0.1) is 0 Å². The molecule has 1 amide bonds. The zero-order valence-electron chi connectivity index (χ0n) is 7.96. The lowest BCUT2D eigenvalue weighted by Gasteiger charge is -2.00. The van der Waals surface area contributed by atoms with Crippen LogP contribution in [0.25, 0.3) is 6.08 Å². The molecule has 1 aromatic rings. The SMILES string of the molecule is Cc1cccc(F)c1C=CCC(N)=O. The van der Waals surface area contributed by atoms with Crippen LogP contribution in [0.1, 0.15) is 17.5 Å². The number of hydrogen-bond acceptors (Lipinski definition) is 1. The lowest BCUT2D eigenvalue weighted by atomic mass is 10.1. The molecule has 14 heavy (non-hydrogen) atoms. The number of hydrogen-bond donors (Lipinski definition) is 1. The largest absolute Gasteiger partial charge is 0.369 e. The highest BCUT2D eigenvalue weighted by molar-refractivity contribution is 5.76. The third kappa shape index (κ3) is 2.69. The minimum atomic E-state index is -0.421. The molecule has 0 aromatic heterocycles. The molecule has 0 heterocycles. The fraction of sp³-hybridized carbons (Fsp3) is 0.182. The highest BCUT2D eigenvalue weighted by Gasteiger charge is 2.00. The molecule has 1 aromatic carbocycles. The summed E-state index contributed by atoms with van der Waals surface area (Å²) in [6.07, 6.45) is 3.27. The number of benzene rings is 1. The van der Waals surface area contributed by atoms with Gasteiger partial charge >= 0.3 is 0 Å². The minimum absolute atomic E-state index is 0.133. The standard InChI is InChI=1S/C11H12FNO/c1-8-4-2-6-10(12)9(8)5-3-7-11(13)14/h2-6H,7H2,1H3,(H2,13,14). The molecular weight excluding hydrogens is 181 g/mol. The molecule has 0 fully saturated rings. The average molecular weight is 193 g/mol. The minimum Gasteiger partial charge on any atom is -0.369 e. The zero-order valence-corrected chi connectivity index (χ0v) is 7.96. The Morgan fingerprint density at radius 2 is 2.29 bits per heavy atom. The summed E-state index contributed by atoms with van der Waals surface area (Å²) in [6.45, 7) is 1.81. The number of amides is 1. The van der Waals surface area contributed by atoms with Crippen molar-refractivity contribution in [2.45, 2.75) is 13.3 Å². The van der Waals surface area contributed by atoms with Crippen molar-refractivity contribution in [1.82, 2.24) is 0 Å². The van der Waals surface area contributed by atoms with E-state index in [1.807, 2.05) is 13.0 Å². The Morgan fingerprint density at radius 3 is 2.86 bits per heavy atom. The second kappa shape index (κ2) is 4.56. The summed E-state index contributed by atoms with van der Waals surface area (Å²) in [4.78, 5) is 10.4. The molecule has 0 saturated heterocycles. The molecule has 2 N–H and O–H groups in total. The van der Waals surface area contributed by atoms with Gasteiger partial charge in [-0.3, -0.25) is 4.79 Å². The van der Waals surface area contributed by atoms with Crippen molar-refractivity contribution >= 4 is 12.0 Å². The topological polar surface area (TPSA) is 43.1 Å². The number of rotatable bonds is 3. The van der Waals surface area contributed by atoms with Crippen LogP contribution >= 0.6 is 0 Å². The van der Waals surface area contributed by atoms with E-state index < -0.39 is 5.91 Å². The van der Waals surface area contributed by atoms with Gasteiger partial charge in [0.2, 0.25) is 5.91 Å². The maximum atomic E-state index is 13.2. The van der Waals surface area contributed by atoms with Gasteiger partial charge < -0.3 is 5.73 Å². The first kappa shape index (κ1) is 10.4. The summed E-state index contributed by atoms with van der Waals surface area (Å²) in [5.41, 5.74) is 6.30. The first-order chi connectivity index (χ1) is 6.61. The van der Waals surface area contributed by atoms with Gasteiger partial charge in [-0.1, -0.05) is 24.3 Å². The molecule has 0 bridgehead atoms. The van der Waals surface area contributed by atoms with Crippen molar-refractivity contribution in [3.05, 3.63) is 41.2 Å². The van der Waals surface area contributed by atoms with E-state index in [2.05, 4.69) is 0 Å². The van der Waals surface area contributed by atoms with Crippen LogP contribution in [-0.2, 0) is 4.79 Å². The second-order valence-corrected chi connectivity index (χ2v) is 3.04. The molecule has 3 heteroatoms. The van der Waals surface area contributed by atoms with Crippen molar-refractivity contribution in [2.75, 3.05) is 0 Å². The smallest absolute Gasteiger partial charge is 0.221 e. The number of nitrogens with two attached hydrogens (primary N) is 1. The Morgan fingerprint density at radius 1 is 1.57 bits per heavy atom. The molecule has 0 radical (unpaired) electrons. The van der Waals surface area contributed by atoms with Gasteiger partial charge in [-0.05, 0) is 18.6 Å². The van der Waals surface area contributed by atoms with Crippen molar-refractivity contribution in [2.24, 2.45) is 5.73 Å². The van der Waals surface area contributed by atoms with Crippen LogP contribution in [0.3, 0.4) is 0 Å². The van der Waals surface area contributed by atoms with E-state index >= 15 is 0 Å². The normalized spacial score (nSPS) is 10.7. The molecule has 0 atom stereocenters. The van der Waals surface area contributed by atoms with Crippen LogP contribution in [0, 0.1) is 12.7 Å². The molecule has 0 aliphatic rings. The molecule has 0 spiro atoms. The summed E-state index contributed by atoms with van der Waals surface area (Å²) in [5.74, 6) is -0.707. The van der Waals surface area contributed by atoms with Crippen LogP contribution in [0.4, 0.5) is 4.39 Å². The van der Waals surface area contributed by atoms with Crippen LogP contribution in [0.5, 0.6) is 0 Å². The van der Waals surface area contributed by atoms with Crippen molar-refractivity contribution in [3.8, 4) is 0 Å². The van der Waals surface area contributed by atoms with E-state index in [0.717, 1.165) is 5.56 Å². The summed E-state index contributed by atoms with van der Waals surface area (Å²) in [5, 5.41) is 0. The highest BCUT2D eigenvalue weighted by atomic mass is 19.1. The van der Waals surface area contributed by atoms with Gasteiger partial charge in [0.15, 0.2) is 0 Å². The quantitative estimate of drug-likeness (QED) is 0.784. The van der Waals surface area contributed by atoms with E-state index in [-0.39, 0.29) is 12.2 Å². The third-order valence-corrected chi connectivity index (χ3v) is 1.87. The molecular formula is C11H12FNO. The van der Waals surface area contributed by atoms with Crippen molar-refractivity contribution < 1.29 is 9.18 Å². The number of aryl methyl sites for hydroxylation is 1. The molecule has 0 aliphatic heterocycles. The Bertz CT molecular complexity index is 351. The number of carbonyl (C=O) groups is 1. The molecule has 1 rings (SSSR count).